The van der Waals surface area contributed by atoms with Crippen LogP contribution in [0, 0.1) is 5.41 Å². The Bertz CT molecular complexity index is 1360. The van der Waals surface area contributed by atoms with Crippen LogP contribution in [-0.4, -0.2) is 49.2 Å². The molecule has 0 fully saturated rings. The average Bonchev–Trinajstić information content (AvgIpc) is 2.95. The molecule has 0 aromatic heterocycles. The van der Waals surface area contributed by atoms with Crippen LogP contribution in [0.3, 0.4) is 0 Å². The molecule has 224 valence electrons. The summed E-state index contributed by atoms with van der Waals surface area (Å²) >= 11 is 0. The SMILES string of the molecule is CC1(C)OCc2cc([C@@H](O)CNCCc3ccc(OCCOCc4cccc(N=C(N)OC(=N)N)c4)cc3)ccc2O1. The largest absolute Gasteiger partial charge is 0.491 e. The first kappa shape index (κ1) is 30.8. The third-order valence-electron chi connectivity index (χ3n) is 6.38. The van der Waals surface area contributed by atoms with E-state index in [4.69, 9.17) is 40.6 Å². The van der Waals surface area contributed by atoms with Crippen molar-refractivity contribution in [1.82, 2.24) is 5.32 Å². The number of aliphatic hydroxyl groups excluding tert-OH is 1. The van der Waals surface area contributed by atoms with Crippen molar-refractivity contribution in [2.45, 2.75) is 45.4 Å². The van der Waals surface area contributed by atoms with Gasteiger partial charge in [-0.25, -0.2) is 0 Å². The molecule has 1 atom stereocenters. The Morgan fingerprint density at radius 2 is 1.88 bits per heavy atom. The lowest BCUT2D eigenvalue weighted by molar-refractivity contribution is -0.180. The first-order valence-corrected chi connectivity index (χ1v) is 13.8. The van der Waals surface area contributed by atoms with Gasteiger partial charge in [0.1, 0.15) is 18.1 Å². The summed E-state index contributed by atoms with van der Waals surface area (Å²) in [7, 11) is 0. The summed E-state index contributed by atoms with van der Waals surface area (Å²) < 4.78 is 27.8. The minimum absolute atomic E-state index is 0.201. The fourth-order valence-corrected chi connectivity index (χ4v) is 4.29. The molecule has 0 amide bonds. The Morgan fingerprint density at radius 3 is 2.67 bits per heavy atom. The van der Waals surface area contributed by atoms with Crippen LogP contribution in [0.25, 0.3) is 0 Å². The number of nitrogens with zero attached hydrogens (tertiary/aromatic N) is 1. The molecule has 1 heterocycles. The first-order chi connectivity index (χ1) is 20.2. The molecule has 4 rings (SSSR count). The van der Waals surface area contributed by atoms with Crippen LogP contribution in [0.4, 0.5) is 5.69 Å². The zero-order chi connectivity index (χ0) is 30.0. The Labute approximate surface area is 245 Å². The van der Waals surface area contributed by atoms with Crippen molar-refractivity contribution in [1.29, 1.82) is 5.41 Å². The third-order valence-corrected chi connectivity index (χ3v) is 6.38. The molecule has 1 aliphatic rings. The van der Waals surface area contributed by atoms with Gasteiger partial charge in [-0.05, 0) is 66.1 Å². The summed E-state index contributed by atoms with van der Waals surface area (Å²) in [5.41, 5.74) is 15.2. The minimum Gasteiger partial charge on any atom is -0.491 e. The maximum atomic E-state index is 10.6. The number of nitrogens with one attached hydrogen (secondary N) is 2. The standard InChI is InChI=1S/C31H39N5O6/c1-31(2)40-20-24-17-23(8-11-28(24)42-31)27(37)18-35-13-12-21-6-9-26(10-7-21)39-15-14-38-19-22-4-3-5-25(16-22)36-30(34)41-29(32)33/h3-11,16-17,27,35,37H,12-15,18-20H2,1-2H3,(H3,32,33)(H2,34,36)/t27-/m0/s1. The molecule has 0 saturated heterocycles. The summed E-state index contributed by atoms with van der Waals surface area (Å²) in [6, 6.07) is 20.3. The molecule has 0 aliphatic carbocycles. The van der Waals surface area contributed by atoms with Crippen molar-refractivity contribution in [3.63, 3.8) is 0 Å². The number of benzene rings is 3. The number of rotatable bonds is 13. The number of aliphatic imine (C=N–C) groups is 1. The number of amidine groups is 2. The zero-order valence-electron chi connectivity index (χ0n) is 24.0. The number of aliphatic hydroxyl groups is 1. The van der Waals surface area contributed by atoms with Crippen LogP contribution in [0.1, 0.15) is 42.2 Å². The molecule has 0 spiro atoms. The zero-order valence-corrected chi connectivity index (χ0v) is 24.0. The van der Waals surface area contributed by atoms with Crippen LogP contribution in [0.15, 0.2) is 71.7 Å². The highest BCUT2D eigenvalue weighted by Crippen LogP contribution is 2.32. The Morgan fingerprint density at radius 1 is 1.07 bits per heavy atom. The lowest BCUT2D eigenvalue weighted by Gasteiger charge is -2.33. The lowest BCUT2D eigenvalue weighted by atomic mass is 10.0. The maximum Gasteiger partial charge on any atom is 0.295 e. The van der Waals surface area contributed by atoms with Gasteiger partial charge in [0, 0.05) is 26.0 Å². The van der Waals surface area contributed by atoms with E-state index in [1.807, 2.05) is 74.5 Å². The van der Waals surface area contributed by atoms with Gasteiger partial charge in [0.05, 0.1) is 31.6 Å². The lowest BCUT2D eigenvalue weighted by Crippen LogP contribution is -2.35. The average molecular weight is 578 g/mol. The van der Waals surface area contributed by atoms with Gasteiger partial charge in [0.2, 0.25) is 5.79 Å². The molecule has 42 heavy (non-hydrogen) atoms. The fourth-order valence-electron chi connectivity index (χ4n) is 4.29. The summed E-state index contributed by atoms with van der Waals surface area (Å²) in [5, 5.41) is 21.0. The highest BCUT2D eigenvalue weighted by Gasteiger charge is 2.27. The molecular formula is C31H39N5O6. The molecular weight excluding hydrogens is 538 g/mol. The Kier molecular flexibility index (Phi) is 10.7. The van der Waals surface area contributed by atoms with Gasteiger partial charge >= 0.3 is 0 Å². The summed E-state index contributed by atoms with van der Waals surface area (Å²) in [5.74, 6) is 0.935. The van der Waals surface area contributed by atoms with Crippen molar-refractivity contribution in [2.24, 2.45) is 16.5 Å². The number of nitrogens with two attached hydrogens (primary N) is 2. The summed E-state index contributed by atoms with van der Waals surface area (Å²) in [6.07, 6.45) is 0.207. The first-order valence-electron chi connectivity index (χ1n) is 13.8. The predicted octanol–water partition coefficient (Wildman–Crippen LogP) is 3.65. The molecule has 0 bridgehead atoms. The highest BCUT2D eigenvalue weighted by molar-refractivity contribution is 5.87. The van der Waals surface area contributed by atoms with Crippen molar-refractivity contribution in [2.75, 3.05) is 26.3 Å². The quantitative estimate of drug-likeness (QED) is 0.116. The van der Waals surface area contributed by atoms with E-state index in [1.54, 1.807) is 6.07 Å². The van der Waals surface area contributed by atoms with Gasteiger partial charge in [-0.3, -0.25) is 5.41 Å². The van der Waals surface area contributed by atoms with Gasteiger partial charge in [0.25, 0.3) is 12.0 Å². The van der Waals surface area contributed by atoms with Gasteiger partial charge in [-0.15, -0.1) is 0 Å². The molecule has 0 saturated carbocycles. The predicted molar refractivity (Wildman–Crippen MR) is 160 cm³/mol. The number of fused-ring (bicyclic) bond motifs is 1. The molecule has 1 aliphatic heterocycles. The molecule has 3 aromatic carbocycles. The van der Waals surface area contributed by atoms with Crippen molar-refractivity contribution in [3.05, 3.63) is 89.0 Å². The highest BCUT2D eigenvalue weighted by atomic mass is 16.7. The molecule has 11 heteroatoms. The van der Waals surface area contributed by atoms with Gasteiger partial charge in [0.15, 0.2) is 0 Å². The van der Waals surface area contributed by atoms with E-state index in [9.17, 15) is 5.11 Å². The van der Waals surface area contributed by atoms with Gasteiger partial charge in [-0.1, -0.05) is 30.3 Å². The van der Waals surface area contributed by atoms with Crippen molar-refractivity contribution < 1.29 is 28.8 Å². The van der Waals surface area contributed by atoms with Gasteiger partial charge in [-0.2, -0.15) is 4.99 Å². The van der Waals surface area contributed by atoms with Crippen LogP contribution >= 0.6 is 0 Å². The summed E-state index contributed by atoms with van der Waals surface area (Å²) in [4.78, 5) is 4.06. The molecule has 0 radical (unpaired) electrons. The number of hydrogen-bond acceptors (Lipinski definition) is 9. The molecule has 7 N–H and O–H groups in total. The van der Waals surface area contributed by atoms with Crippen LogP contribution < -0.4 is 26.3 Å². The molecule has 11 nitrogen and oxygen atoms in total. The normalized spacial score (nSPS) is 14.9. The Hall–Kier alpha value is -4.16. The van der Waals surface area contributed by atoms with E-state index < -0.39 is 17.9 Å². The fraction of sp³-hybridized carbons (Fsp3) is 0.355. The maximum absolute atomic E-state index is 10.6. The second kappa shape index (κ2) is 14.6. The smallest absolute Gasteiger partial charge is 0.295 e. The topological polar surface area (TPSA) is 167 Å². The molecule has 0 unspecified atom stereocenters. The van der Waals surface area contributed by atoms with E-state index in [0.29, 0.717) is 38.7 Å². The number of hydrogen-bond donors (Lipinski definition) is 5. The van der Waals surface area contributed by atoms with Crippen LogP contribution in [0.2, 0.25) is 0 Å². The van der Waals surface area contributed by atoms with Crippen molar-refractivity contribution in [3.8, 4) is 11.5 Å². The Balaban J connectivity index is 1.11. The van der Waals surface area contributed by atoms with Crippen LogP contribution in [0.5, 0.6) is 11.5 Å². The second-order valence-electron chi connectivity index (χ2n) is 10.3. The molecule has 3 aromatic rings. The monoisotopic (exact) mass is 577 g/mol. The van der Waals surface area contributed by atoms with E-state index in [0.717, 1.165) is 41.2 Å². The van der Waals surface area contributed by atoms with E-state index in [2.05, 4.69) is 10.3 Å². The van der Waals surface area contributed by atoms with E-state index in [1.165, 1.54) is 5.56 Å². The van der Waals surface area contributed by atoms with Gasteiger partial charge < -0.3 is 45.6 Å². The van der Waals surface area contributed by atoms with E-state index in [-0.39, 0.29) is 6.02 Å². The minimum atomic E-state index is -0.634. The van der Waals surface area contributed by atoms with E-state index >= 15 is 0 Å². The third kappa shape index (κ3) is 9.74. The number of ether oxygens (including phenoxy) is 5. The van der Waals surface area contributed by atoms with Crippen LogP contribution in [-0.2, 0) is 33.8 Å². The summed E-state index contributed by atoms with van der Waals surface area (Å²) in [6.45, 7) is 6.63. The van der Waals surface area contributed by atoms with Crippen molar-refractivity contribution >= 4 is 17.7 Å². The second-order valence-corrected chi connectivity index (χ2v) is 10.3.